The number of ether oxygens (including phenoxy) is 3. The lowest BCUT2D eigenvalue weighted by molar-refractivity contribution is 0.456. The third-order valence-electron chi connectivity index (χ3n) is 16.6. The molecule has 9 heteroatoms. The normalized spacial score (nSPS) is 12.9. The maximum absolute atomic E-state index is 7.52. The minimum Gasteiger partial charge on any atom is -0.458 e. The molecule has 17 rings (SSSR count). The van der Waals surface area contributed by atoms with Crippen LogP contribution in [0.5, 0.6) is 34.5 Å². The molecule has 0 fully saturated rings. The van der Waals surface area contributed by atoms with E-state index >= 15 is 0 Å². The Balaban J connectivity index is 0.890. The topological polar surface area (TPSA) is 50.6 Å². The summed E-state index contributed by atoms with van der Waals surface area (Å²) in [6.07, 6.45) is 0. The quantitative estimate of drug-likeness (QED) is 0.141. The summed E-state index contributed by atoms with van der Waals surface area (Å²) in [5.41, 5.74) is 19.3. The first-order valence-electron chi connectivity index (χ1n) is 27.5. The van der Waals surface area contributed by atoms with Gasteiger partial charge in [-0.1, -0.05) is 170 Å². The van der Waals surface area contributed by atoms with Gasteiger partial charge in [0.05, 0.1) is 17.1 Å². The van der Waals surface area contributed by atoms with Gasteiger partial charge in [0, 0.05) is 85.8 Å². The molecule has 5 heterocycles. The number of fused-ring (bicyclic) bond motifs is 11. The molecular formula is C72H45B2N3O4. The molecule has 0 spiro atoms. The number of hydrogen-bond donors (Lipinski definition) is 0. The molecule has 4 aliphatic rings. The molecule has 0 N–H and O–H groups in total. The summed E-state index contributed by atoms with van der Waals surface area (Å²) in [4.78, 5) is 7.04. The maximum atomic E-state index is 7.52. The first-order valence-corrected chi connectivity index (χ1v) is 27.5. The fourth-order valence-electron chi connectivity index (χ4n) is 13.2. The summed E-state index contributed by atoms with van der Waals surface area (Å²) in [5.74, 6) is 4.58. The lowest BCUT2D eigenvalue weighted by Gasteiger charge is -2.42. The van der Waals surface area contributed by atoms with Crippen molar-refractivity contribution in [3.8, 4) is 45.6 Å². The van der Waals surface area contributed by atoms with E-state index in [4.69, 9.17) is 18.6 Å². The van der Waals surface area contributed by atoms with Crippen LogP contribution in [-0.4, -0.2) is 13.4 Å². The molecule has 7 nitrogen and oxygen atoms in total. The van der Waals surface area contributed by atoms with Gasteiger partial charge in [0.25, 0.3) is 13.4 Å². The average molecular weight is 1040 g/mol. The molecule has 0 saturated heterocycles. The van der Waals surface area contributed by atoms with Crippen LogP contribution in [-0.2, 0) is 0 Å². The fourth-order valence-corrected chi connectivity index (χ4v) is 13.2. The van der Waals surface area contributed by atoms with Crippen molar-refractivity contribution in [3.05, 3.63) is 273 Å². The van der Waals surface area contributed by atoms with Gasteiger partial charge in [0.2, 0.25) is 0 Å². The van der Waals surface area contributed by atoms with Crippen molar-refractivity contribution < 1.29 is 18.6 Å². The molecule has 0 bridgehead atoms. The minimum absolute atomic E-state index is 0.193. The van der Waals surface area contributed by atoms with Crippen molar-refractivity contribution in [2.75, 3.05) is 14.7 Å². The molecule has 0 unspecified atom stereocenters. The molecule has 0 amide bonds. The summed E-state index contributed by atoms with van der Waals surface area (Å²) in [5, 5.41) is 2.18. The summed E-state index contributed by atoms with van der Waals surface area (Å²) in [6, 6.07) is 96.4. The predicted octanol–water partition coefficient (Wildman–Crippen LogP) is 15.3. The van der Waals surface area contributed by atoms with Crippen LogP contribution in [0.25, 0.3) is 33.1 Å². The number of para-hydroxylation sites is 9. The van der Waals surface area contributed by atoms with E-state index in [1.165, 1.54) is 5.46 Å². The van der Waals surface area contributed by atoms with Gasteiger partial charge in [-0.05, 0) is 106 Å². The van der Waals surface area contributed by atoms with Gasteiger partial charge in [0.1, 0.15) is 45.7 Å². The Morgan fingerprint density at radius 3 is 1.40 bits per heavy atom. The van der Waals surface area contributed by atoms with Crippen molar-refractivity contribution in [2.24, 2.45) is 0 Å². The Kier molecular flexibility index (Phi) is 10.1. The Morgan fingerprint density at radius 1 is 0.284 bits per heavy atom. The lowest BCUT2D eigenvalue weighted by atomic mass is 9.31. The molecule has 1 aromatic heterocycles. The first kappa shape index (κ1) is 45.4. The summed E-state index contributed by atoms with van der Waals surface area (Å²) < 4.78 is 28.5. The highest BCUT2D eigenvalue weighted by Gasteiger charge is 2.47. The zero-order valence-corrected chi connectivity index (χ0v) is 43.6. The number of anilines is 9. The van der Waals surface area contributed by atoms with Crippen LogP contribution in [0.4, 0.5) is 51.2 Å². The van der Waals surface area contributed by atoms with Gasteiger partial charge in [0.15, 0.2) is 0 Å². The van der Waals surface area contributed by atoms with Crippen LogP contribution in [0.2, 0.25) is 0 Å². The zero-order chi connectivity index (χ0) is 53.1. The van der Waals surface area contributed by atoms with Crippen LogP contribution in [0.3, 0.4) is 0 Å². The van der Waals surface area contributed by atoms with Crippen molar-refractivity contribution in [1.82, 2.24) is 0 Å². The van der Waals surface area contributed by atoms with Gasteiger partial charge in [-0.2, -0.15) is 0 Å². The van der Waals surface area contributed by atoms with Crippen LogP contribution in [0.15, 0.2) is 277 Å². The average Bonchev–Trinajstić information content (AvgIpc) is 4.05. The van der Waals surface area contributed by atoms with E-state index in [0.717, 1.165) is 146 Å². The number of nitrogens with zero attached hydrogens (tertiary/aromatic N) is 3. The zero-order valence-electron chi connectivity index (χ0n) is 43.6. The molecule has 0 aliphatic carbocycles. The molecule has 81 heavy (non-hydrogen) atoms. The number of rotatable bonds is 8. The van der Waals surface area contributed by atoms with Crippen molar-refractivity contribution in [2.45, 2.75) is 0 Å². The molecule has 12 aromatic carbocycles. The van der Waals surface area contributed by atoms with Crippen LogP contribution in [0.1, 0.15) is 0 Å². The molecule has 0 radical (unpaired) electrons. The van der Waals surface area contributed by atoms with Crippen LogP contribution < -0.4 is 61.7 Å². The van der Waals surface area contributed by atoms with Gasteiger partial charge in [-0.3, -0.25) is 0 Å². The highest BCUT2D eigenvalue weighted by molar-refractivity contribution is 7.01. The van der Waals surface area contributed by atoms with Crippen molar-refractivity contribution in [3.63, 3.8) is 0 Å². The highest BCUT2D eigenvalue weighted by Crippen LogP contribution is 2.50. The molecule has 0 saturated carbocycles. The predicted molar refractivity (Wildman–Crippen MR) is 332 cm³/mol. The van der Waals surface area contributed by atoms with Crippen LogP contribution in [0, 0.1) is 0 Å². The summed E-state index contributed by atoms with van der Waals surface area (Å²) in [7, 11) is 0. The highest BCUT2D eigenvalue weighted by atomic mass is 16.5. The second-order valence-corrected chi connectivity index (χ2v) is 21.1. The Labute approximate surface area is 468 Å². The van der Waals surface area contributed by atoms with E-state index in [1.807, 2.05) is 18.2 Å². The third-order valence-corrected chi connectivity index (χ3v) is 16.6. The summed E-state index contributed by atoms with van der Waals surface area (Å²) >= 11 is 0. The second-order valence-electron chi connectivity index (χ2n) is 21.1. The summed E-state index contributed by atoms with van der Waals surface area (Å²) in [6.45, 7) is -0.413. The molecular weight excluding hydrogens is 992 g/mol. The van der Waals surface area contributed by atoms with E-state index in [2.05, 4.69) is 269 Å². The largest absolute Gasteiger partial charge is 0.458 e. The number of furan rings is 1. The van der Waals surface area contributed by atoms with Gasteiger partial charge >= 0.3 is 0 Å². The van der Waals surface area contributed by atoms with E-state index in [-0.39, 0.29) is 13.4 Å². The van der Waals surface area contributed by atoms with Crippen molar-refractivity contribution >= 4 is 119 Å². The lowest BCUT2D eigenvalue weighted by Crippen LogP contribution is -2.62. The van der Waals surface area contributed by atoms with E-state index in [9.17, 15) is 0 Å². The monoisotopic (exact) mass is 1040 g/mol. The molecule has 4 aliphatic heterocycles. The number of benzene rings is 12. The molecule has 0 atom stereocenters. The molecule has 13 aromatic rings. The van der Waals surface area contributed by atoms with Crippen LogP contribution >= 0.6 is 0 Å². The first-order chi connectivity index (χ1) is 40.2. The van der Waals surface area contributed by atoms with E-state index in [1.54, 1.807) is 0 Å². The van der Waals surface area contributed by atoms with Gasteiger partial charge in [-0.25, -0.2) is 0 Å². The van der Waals surface area contributed by atoms with Gasteiger partial charge in [-0.15, -0.1) is 0 Å². The Hall–Kier alpha value is -10.6. The van der Waals surface area contributed by atoms with E-state index < -0.39 is 0 Å². The smallest absolute Gasteiger partial charge is 0.260 e. The van der Waals surface area contributed by atoms with Gasteiger partial charge < -0.3 is 33.3 Å². The minimum atomic E-state index is -0.220. The SMILES string of the molecule is c1ccc(N(c2ccccc2)c2cc3c4c(c2)Oc2cc5c(cc2B4c2ccccc2O3)B2c3ccccc3N(c3ccccc3-c3cccc4c3oc3ccccc34)c3cc(N(c4ccccc4)c4ccccc4)cc(c32)O5)cc1. The maximum Gasteiger partial charge on any atom is 0.260 e. The third kappa shape index (κ3) is 7.05. The van der Waals surface area contributed by atoms with Crippen molar-refractivity contribution in [1.29, 1.82) is 0 Å². The molecule has 378 valence electrons. The Morgan fingerprint density at radius 2 is 0.753 bits per heavy atom. The fraction of sp³-hybridized carbons (Fsp3) is 0. The number of hydrogen-bond acceptors (Lipinski definition) is 7. The standard InChI is InChI=1S/C72H45B2N3O4/c1-5-22-46(23-6-1)75(47-24-7-2-8-25-47)50-40-62-70-67(41-50)79-65-45-66-59(74-57-35-16-20-39-64(57)78-68-42-51(43-69(80-66)71(68)74)76(48-26-9-3-10-27-48)49-28-11-4-12-29-49)44-58(65)73(70)56-34-15-18-37-61(56)77(62)60-36-17-13-30-52(60)54-32-21-33-55-53-31-14-19-38-63(53)81-72(54)55/h1-45H. The second kappa shape index (κ2) is 18.0. The Bertz CT molecular complexity index is 4590. The van der Waals surface area contributed by atoms with E-state index in [0.29, 0.717) is 0 Å².